The van der Waals surface area contributed by atoms with Gasteiger partial charge in [0.25, 0.3) is 0 Å². The Kier molecular flexibility index (Phi) is 5.14. The fourth-order valence-corrected chi connectivity index (χ4v) is 3.21. The Morgan fingerprint density at radius 1 is 1.38 bits per heavy atom. The number of nitrogen functional groups attached to an aromatic ring is 1. The number of anilines is 2. The van der Waals surface area contributed by atoms with E-state index in [9.17, 15) is 0 Å². The molecule has 1 fully saturated rings. The Morgan fingerprint density at radius 2 is 2.10 bits per heavy atom. The SMILES string of the molecule is CCCn1nc(C)c(N)c1NC1CCOC(CC)(CC)C1. The molecule has 0 aromatic carbocycles. The monoisotopic (exact) mass is 294 g/mol. The quantitative estimate of drug-likeness (QED) is 0.844. The van der Waals surface area contributed by atoms with Gasteiger partial charge in [-0.3, -0.25) is 0 Å². The number of rotatable bonds is 6. The minimum absolute atomic E-state index is 0.0231. The molecule has 2 rings (SSSR count). The molecule has 5 nitrogen and oxygen atoms in total. The molecule has 1 aromatic heterocycles. The molecule has 1 unspecified atom stereocenters. The molecule has 1 aliphatic heterocycles. The normalized spacial score (nSPS) is 21.4. The van der Waals surface area contributed by atoms with Crippen molar-refractivity contribution >= 4 is 11.5 Å². The van der Waals surface area contributed by atoms with Gasteiger partial charge in [-0.1, -0.05) is 20.8 Å². The second-order valence-electron chi connectivity index (χ2n) is 6.14. The predicted molar refractivity (Wildman–Crippen MR) is 87.6 cm³/mol. The van der Waals surface area contributed by atoms with Crippen LogP contribution in [0.4, 0.5) is 11.5 Å². The molecular weight excluding hydrogens is 264 g/mol. The first-order valence-electron chi connectivity index (χ1n) is 8.28. The molecule has 0 spiro atoms. The first-order valence-corrected chi connectivity index (χ1v) is 8.28. The summed E-state index contributed by atoms with van der Waals surface area (Å²) in [5.74, 6) is 0.988. The molecule has 2 heterocycles. The van der Waals surface area contributed by atoms with Gasteiger partial charge in [0.2, 0.25) is 0 Å². The molecule has 1 atom stereocenters. The van der Waals surface area contributed by atoms with Crippen molar-refractivity contribution in [1.82, 2.24) is 9.78 Å². The van der Waals surface area contributed by atoms with Gasteiger partial charge >= 0.3 is 0 Å². The highest BCUT2D eigenvalue weighted by Gasteiger charge is 2.35. The first kappa shape index (κ1) is 16.1. The maximum Gasteiger partial charge on any atom is 0.148 e. The number of nitrogens with one attached hydrogen (secondary N) is 1. The van der Waals surface area contributed by atoms with Crippen LogP contribution in [0.15, 0.2) is 0 Å². The minimum Gasteiger partial charge on any atom is -0.394 e. The van der Waals surface area contributed by atoms with E-state index in [1.807, 2.05) is 11.6 Å². The molecule has 1 saturated heterocycles. The average molecular weight is 294 g/mol. The number of nitrogens with zero attached hydrogens (tertiary/aromatic N) is 2. The van der Waals surface area contributed by atoms with E-state index in [2.05, 4.69) is 31.2 Å². The Bertz CT molecular complexity index is 465. The van der Waals surface area contributed by atoms with Crippen LogP contribution in [0.5, 0.6) is 0 Å². The van der Waals surface area contributed by atoms with Crippen LogP contribution in [0, 0.1) is 6.92 Å². The molecule has 5 heteroatoms. The fraction of sp³-hybridized carbons (Fsp3) is 0.812. The summed E-state index contributed by atoms with van der Waals surface area (Å²) in [6.07, 6.45) is 5.24. The van der Waals surface area contributed by atoms with E-state index in [-0.39, 0.29) is 5.60 Å². The molecule has 21 heavy (non-hydrogen) atoms. The zero-order chi connectivity index (χ0) is 15.5. The van der Waals surface area contributed by atoms with Gasteiger partial charge in [-0.25, -0.2) is 4.68 Å². The lowest BCUT2D eigenvalue weighted by Gasteiger charge is -2.40. The van der Waals surface area contributed by atoms with Crippen molar-refractivity contribution in [2.45, 2.75) is 78.0 Å². The number of hydrogen-bond acceptors (Lipinski definition) is 4. The van der Waals surface area contributed by atoms with Crippen molar-refractivity contribution in [2.75, 3.05) is 17.7 Å². The van der Waals surface area contributed by atoms with E-state index in [4.69, 9.17) is 10.5 Å². The van der Waals surface area contributed by atoms with Crippen LogP contribution >= 0.6 is 0 Å². The Hall–Kier alpha value is -1.23. The lowest BCUT2D eigenvalue weighted by atomic mass is 9.86. The minimum atomic E-state index is 0.0231. The summed E-state index contributed by atoms with van der Waals surface area (Å²) in [5, 5.41) is 8.18. The highest BCUT2D eigenvalue weighted by Crippen LogP contribution is 2.34. The van der Waals surface area contributed by atoms with Crippen molar-refractivity contribution in [3.05, 3.63) is 5.69 Å². The van der Waals surface area contributed by atoms with E-state index < -0.39 is 0 Å². The second-order valence-corrected chi connectivity index (χ2v) is 6.14. The average Bonchev–Trinajstić information content (AvgIpc) is 2.75. The van der Waals surface area contributed by atoms with Gasteiger partial charge in [0.05, 0.1) is 17.0 Å². The molecule has 0 radical (unpaired) electrons. The highest BCUT2D eigenvalue weighted by molar-refractivity contribution is 5.65. The molecule has 3 N–H and O–H groups in total. The maximum absolute atomic E-state index is 6.21. The van der Waals surface area contributed by atoms with Gasteiger partial charge in [-0.2, -0.15) is 5.10 Å². The zero-order valence-corrected chi connectivity index (χ0v) is 13.9. The van der Waals surface area contributed by atoms with E-state index in [1.165, 1.54) is 0 Å². The molecule has 1 aliphatic rings. The molecule has 1 aromatic rings. The van der Waals surface area contributed by atoms with Crippen LogP contribution < -0.4 is 11.1 Å². The summed E-state index contributed by atoms with van der Waals surface area (Å²) in [6, 6.07) is 0.410. The molecular formula is C16H30N4O. The third kappa shape index (κ3) is 3.34. The van der Waals surface area contributed by atoms with E-state index in [0.717, 1.165) is 62.5 Å². The van der Waals surface area contributed by atoms with Gasteiger partial charge in [-0.05, 0) is 39.0 Å². The summed E-state index contributed by atoms with van der Waals surface area (Å²) in [6.45, 7) is 10.3. The van der Waals surface area contributed by atoms with Gasteiger partial charge in [-0.15, -0.1) is 0 Å². The van der Waals surface area contributed by atoms with Crippen LogP contribution in [0.25, 0.3) is 0 Å². The van der Waals surface area contributed by atoms with Gasteiger partial charge in [0, 0.05) is 19.2 Å². The lowest BCUT2D eigenvalue weighted by Crippen LogP contribution is -2.44. The molecule has 0 amide bonds. The molecule has 0 saturated carbocycles. The summed E-state index contributed by atoms with van der Waals surface area (Å²) < 4.78 is 8.06. The Labute approximate surface area is 128 Å². The van der Waals surface area contributed by atoms with Crippen LogP contribution in [0.3, 0.4) is 0 Å². The van der Waals surface area contributed by atoms with Crippen molar-refractivity contribution in [3.8, 4) is 0 Å². The number of aromatic nitrogens is 2. The third-order valence-electron chi connectivity index (χ3n) is 4.73. The lowest BCUT2D eigenvalue weighted by molar-refractivity contribution is -0.0865. The van der Waals surface area contributed by atoms with Crippen LogP contribution in [0.1, 0.15) is 58.6 Å². The topological polar surface area (TPSA) is 65.1 Å². The van der Waals surface area contributed by atoms with Crippen molar-refractivity contribution < 1.29 is 4.74 Å². The molecule has 0 aliphatic carbocycles. The van der Waals surface area contributed by atoms with Crippen molar-refractivity contribution in [3.63, 3.8) is 0 Å². The maximum atomic E-state index is 6.21. The van der Waals surface area contributed by atoms with Gasteiger partial charge in [0.1, 0.15) is 5.82 Å². The van der Waals surface area contributed by atoms with E-state index >= 15 is 0 Å². The zero-order valence-electron chi connectivity index (χ0n) is 13.9. The van der Waals surface area contributed by atoms with Gasteiger partial charge in [0.15, 0.2) is 0 Å². The van der Waals surface area contributed by atoms with Crippen LogP contribution in [-0.4, -0.2) is 28.0 Å². The summed E-state index contributed by atoms with van der Waals surface area (Å²) in [7, 11) is 0. The predicted octanol–water partition coefficient (Wildman–Crippen LogP) is 3.33. The van der Waals surface area contributed by atoms with Crippen molar-refractivity contribution in [2.24, 2.45) is 0 Å². The third-order valence-corrected chi connectivity index (χ3v) is 4.73. The smallest absolute Gasteiger partial charge is 0.148 e. The molecule has 0 bridgehead atoms. The fourth-order valence-electron chi connectivity index (χ4n) is 3.21. The van der Waals surface area contributed by atoms with Crippen molar-refractivity contribution in [1.29, 1.82) is 0 Å². The number of hydrogen-bond donors (Lipinski definition) is 2. The van der Waals surface area contributed by atoms with E-state index in [1.54, 1.807) is 0 Å². The first-order chi connectivity index (χ1) is 10.0. The Morgan fingerprint density at radius 3 is 2.71 bits per heavy atom. The number of aryl methyl sites for hydroxylation is 2. The summed E-state index contributed by atoms with van der Waals surface area (Å²) >= 11 is 0. The summed E-state index contributed by atoms with van der Waals surface area (Å²) in [4.78, 5) is 0. The van der Waals surface area contributed by atoms with Crippen LogP contribution in [0.2, 0.25) is 0 Å². The second kappa shape index (κ2) is 6.69. The van der Waals surface area contributed by atoms with Crippen LogP contribution in [-0.2, 0) is 11.3 Å². The Balaban J connectivity index is 2.14. The molecule has 120 valence electrons. The highest BCUT2D eigenvalue weighted by atomic mass is 16.5. The standard InChI is InChI=1S/C16H30N4O/c1-5-9-20-15(14(17)12(4)19-20)18-13-8-10-21-16(6-2,7-3)11-13/h13,18H,5-11,17H2,1-4H3. The number of ether oxygens (including phenoxy) is 1. The van der Waals surface area contributed by atoms with E-state index in [0.29, 0.717) is 6.04 Å². The summed E-state index contributed by atoms with van der Waals surface area (Å²) in [5.41, 5.74) is 7.93. The van der Waals surface area contributed by atoms with Gasteiger partial charge < -0.3 is 15.8 Å². The largest absolute Gasteiger partial charge is 0.394 e. The number of nitrogens with two attached hydrogens (primary N) is 1.